The number of ether oxygens (including phenoxy) is 1. The second-order valence-corrected chi connectivity index (χ2v) is 8.73. The number of aryl methyl sites for hydroxylation is 2. The molecule has 1 fully saturated rings. The fourth-order valence-electron chi connectivity index (χ4n) is 4.12. The molecular weight excluding hydrogens is 479 g/mol. The van der Waals surface area contributed by atoms with Crippen LogP contribution in [0.5, 0.6) is 0 Å². The van der Waals surface area contributed by atoms with E-state index in [9.17, 15) is 23.1 Å². The van der Waals surface area contributed by atoms with Crippen LogP contribution in [0.25, 0.3) is 11.0 Å². The average molecular weight is 508 g/mol. The van der Waals surface area contributed by atoms with E-state index in [-0.39, 0.29) is 19.7 Å². The van der Waals surface area contributed by atoms with Crippen LogP contribution in [0, 0.1) is 12.8 Å². The predicted octanol–water partition coefficient (Wildman–Crippen LogP) is 3.72. The van der Waals surface area contributed by atoms with Crippen LogP contribution in [0.15, 0.2) is 18.3 Å². The summed E-state index contributed by atoms with van der Waals surface area (Å²) in [5, 5.41) is 17.3. The number of rotatable bonds is 9. The molecule has 0 amide bonds. The van der Waals surface area contributed by atoms with Gasteiger partial charge in [0.05, 0.1) is 24.8 Å². The molecule has 0 unspecified atom stereocenters. The monoisotopic (exact) mass is 507 g/mol. The van der Waals surface area contributed by atoms with Crippen molar-refractivity contribution in [2.45, 2.75) is 45.8 Å². The third kappa shape index (κ3) is 6.01. The summed E-state index contributed by atoms with van der Waals surface area (Å²) in [4.78, 5) is 27.2. The van der Waals surface area contributed by atoms with Crippen LogP contribution in [-0.4, -0.2) is 68.3 Å². The number of nitrogens with one attached hydrogen (secondary N) is 1. The third-order valence-corrected chi connectivity index (χ3v) is 5.90. The van der Waals surface area contributed by atoms with E-state index in [1.807, 2.05) is 24.8 Å². The summed E-state index contributed by atoms with van der Waals surface area (Å²) in [5.74, 6) is -0.110. The fourth-order valence-corrected chi connectivity index (χ4v) is 4.12. The molecule has 1 atom stereocenters. The van der Waals surface area contributed by atoms with Crippen molar-refractivity contribution in [2.75, 3.05) is 36.5 Å². The number of carboxylic acid groups (broad SMARTS) is 1. The number of carboxylic acids is 1. The van der Waals surface area contributed by atoms with Gasteiger partial charge in [0.2, 0.25) is 5.95 Å². The van der Waals surface area contributed by atoms with Gasteiger partial charge >= 0.3 is 12.1 Å². The van der Waals surface area contributed by atoms with Gasteiger partial charge in [0.25, 0.3) is 0 Å². The Balaban J connectivity index is 1.73. The number of nitrogens with zero attached hydrogens (tertiary/aromatic N) is 6. The summed E-state index contributed by atoms with van der Waals surface area (Å²) in [6, 6.07) is 3.68. The Morgan fingerprint density at radius 3 is 2.78 bits per heavy atom. The highest BCUT2D eigenvalue weighted by Gasteiger charge is 2.29. The van der Waals surface area contributed by atoms with Crippen LogP contribution in [0.1, 0.15) is 31.0 Å². The molecule has 4 heterocycles. The molecule has 0 bridgehead atoms. The highest BCUT2D eigenvalue weighted by molar-refractivity contribution is 5.90. The van der Waals surface area contributed by atoms with Gasteiger partial charge in [-0.05, 0) is 37.8 Å². The molecule has 1 aliphatic rings. The van der Waals surface area contributed by atoms with Crippen molar-refractivity contribution in [1.29, 1.82) is 0 Å². The number of anilines is 3. The van der Waals surface area contributed by atoms with E-state index >= 15 is 0 Å². The Hall–Kier alpha value is -3.48. The highest BCUT2D eigenvalue weighted by atomic mass is 19.4. The van der Waals surface area contributed by atoms with E-state index in [0.717, 1.165) is 5.56 Å². The van der Waals surface area contributed by atoms with Crippen molar-refractivity contribution in [3.05, 3.63) is 29.6 Å². The van der Waals surface area contributed by atoms with Crippen LogP contribution in [0.2, 0.25) is 0 Å². The minimum absolute atomic E-state index is 0.0656. The number of piperidine rings is 1. The third-order valence-electron chi connectivity index (χ3n) is 5.90. The maximum absolute atomic E-state index is 12.5. The molecule has 194 valence electrons. The van der Waals surface area contributed by atoms with Crippen LogP contribution in [-0.2, 0) is 22.5 Å². The molecule has 13 heteroatoms. The number of carbonyl (C=O) groups is 1. The van der Waals surface area contributed by atoms with Gasteiger partial charge in [-0.3, -0.25) is 9.48 Å². The van der Waals surface area contributed by atoms with Crippen LogP contribution in [0.3, 0.4) is 0 Å². The van der Waals surface area contributed by atoms with Gasteiger partial charge in [0.1, 0.15) is 23.5 Å². The Morgan fingerprint density at radius 1 is 1.31 bits per heavy atom. The normalized spacial score (nSPS) is 16.5. The van der Waals surface area contributed by atoms with E-state index in [1.165, 1.54) is 0 Å². The standard InChI is InChI=1S/C23H28F3N7O3/c1-3-16-18-19(33(31-16)9-10-36-13-23(24,25)26)20(28-17-7-6-14(2)11-27-17)30-22(29-18)32-8-4-5-15(12-32)21(34)35/h6-7,11,15H,3-5,8-10,12-13H2,1-2H3,(H,34,35)(H,27,28,29,30)/t15-/m0/s1. The van der Waals surface area contributed by atoms with Crippen molar-refractivity contribution in [1.82, 2.24) is 24.7 Å². The zero-order chi connectivity index (χ0) is 25.9. The minimum atomic E-state index is -4.41. The summed E-state index contributed by atoms with van der Waals surface area (Å²) >= 11 is 0. The van der Waals surface area contributed by atoms with Crippen molar-refractivity contribution < 1.29 is 27.8 Å². The van der Waals surface area contributed by atoms with Gasteiger partial charge in [-0.15, -0.1) is 0 Å². The molecule has 0 spiro atoms. The number of aliphatic carboxylic acids is 1. The van der Waals surface area contributed by atoms with Gasteiger partial charge in [0.15, 0.2) is 5.82 Å². The summed E-state index contributed by atoms with van der Waals surface area (Å²) in [6.45, 7) is 3.24. The molecule has 36 heavy (non-hydrogen) atoms. The number of hydrogen-bond donors (Lipinski definition) is 2. The molecule has 1 saturated heterocycles. The van der Waals surface area contributed by atoms with Crippen LogP contribution >= 0.6 is 0 Å². The Bertz CT molecular complexity index is 1210. The lowest BCUT2D eigenvalue weighted by Gasteiger charge is -2.31. The lowest BCUT2D eigenvalue weighted by atomic mass is 9.99. The quantitative estimate of drug-likeness (QED) is 0.418. The lowest BCUT2D eigenvalue weighted by molar-refractivity contribution is -0.174. The number of hydrogen-bond acceptors (Lipinski definition) is 8. The van der Waals surface area contributed by atoms with Gasteiger partial charge in [-0.1, -0.05) is 13.0 Å². The molecule has 0 saturated carbocycles. The van der Waals surface area contributed by atoms with Crippen molar-refractivity contribution in [2.24, 2.45) is 5.92 Å². The second kappa shape index (κ2) is 10.6. The minimum Gasteiger partial charge on any atom is -0.481 e. The summed E-state index contributed by atoms with van der Waals surface area (Å²) in [5.41, 5.74) is 2.68. The Kier molecular flexibility index (Phi) is 7.57. The lowest BCUT2D eigenvalue weighted by Crippen LogP contribution is -2.39. The smallest absolute Gasteiger partial charge is 0.411 e. The second-order valence-electron chi connectivity index (χ2n) is 8.73. The average Bonchev–Trinajstić information content (AvgIpc) is 3.20. The SMILES string of the molecule is CCc1nn(CCOCC(F)(F)F)c2c(Nc3ccc(C)cn3)nc(N3CCC[C@H](C(=O)O)C3)nc12. The van der Waals surface area contributed by atoms with Gasteiger partial charge in [0, 0.05) is 19.3 Å². The molecule has 3 aromatic heterocycles. The van der Waals surface area contributed by atoms with E-state index < -0.39 is 24.7 Å². The van der Waals surface area contributed by atoms with Crippen molar-refractivity contribution >= 4 is 34.6 Å². The molecular formula is C23H28F3N7O3. The van der Waals surface area contributed by atoms with E-state index in [1.54, 1.807) is 16.9 Å². The van der Waals surface area contributed by atoms with E-state index in [4.69, 9.17) is 14.7 Å². The number of aromatic nitrogens is 5. The first kappa shape index (κ1) is 25.6. The summed E-state index contributed by atoms with van der Waals surface area (Å²) in [6.07, 6.45) is -0.905. The van der Waals surface area contributed by atoms with Crippen LogP contribution < -0.4 is 10.2 Å². The number of pyridine rings is 1. The zero-order valence-corrected chi connectivity index (χ0v) is 20.0. The summed E-state index contributed by atoms with van der Waals surface area (Å²) in [7, 11) is 0. The molecule has 4 rings (SSSR count). The zero-order valence-electron chi connectivity index (χ0n) is 20.0. The van der Waals surface area contributed by atoms with Gasteiger partial charge in [-0.25, -0.2) is 9.97 Å². The molecule has 0 radical (unpaired) electrons. The maximum atomic E-state index is 12.5. The first-order valence-corrected chi connectivity index (χ1v) is 11.7. The van der Waals surface area contributed by atoms with Crippen molar-refractivity contribution in [3.8, 4) is 0 Å². The topological polar surface area (TPSA) is 118 Å². The number of halogens is 3. The summed E-state index contributed by atoms with van der Waals surface area (Å²) < 4.78 is 43.8. The molecule has 2 N–H and O–H groups in total. The van der Waals surface area contributed by atoms with Gasteiger partial charge < -0.3 is 20.1 Å². The first-order valence-electron chi connectivity index (χ1n) is 11.7. The molecule has 0 aromatic carbocycles. The largest absolute Gasteiger partial charge is 0.481 e. The molecule has 3 aromatic rings. The number of alkyl halides is 3. The maximum Gasteiger partial charge on any atom is 0.411 e. The Labute approximate surface area is 205 Å². The van der Waals surface area contributed by atoms with Crippen molar-refractivity contribution in [3.63, 3.8) is 0 Å². The molecule has 0 aliphatic carbocycles. The molecule has 1 aliphatic heterocycles. The first-order chi connectivity index (χ1) is 17.1. The van der Waals surface area contributed by atoms with E-state index in [2.05, 4.69) is 15.4 Å². The Morgan fingerprint density at radius 2 is 2.11 bits per heavy atom. The number of fused-ring (bicyclic) bond motifs is 1. The predicted molar refractivity (Wildman–Crippen MR) is 126 cm³/mol. The van der Waals surface area contributed by atoms with Crippen LogP contribution in [0.4, 0.5) is 30.8 Å². The van der Waals surface area contributed by atoms with Gasteiger partial charge in [-0.2, -0.15) is 23.3 Å². The highest BCUT2D eigenvalue weighted by Crippen LogP contribution is 2.30. The molecule has 10 nitrogen and oxygen atoms in total. The fraction of sp³-hybridized carbons (Fsp3) is 0.522. The van der Waals surface area contributed by atoms with E-state index in [0.29, 0.717) is 60.1 Å².